The van der Waals surface area contributed by atoms with Crippen molar-refractivity contribution in [3.05, 3.63) is 11.7 Å². The smallest absolute Gasteiger partial charge is 0.226 e. The summed E-state index contributed by atoms with van der Waals surface area (Å²) in [6.07, 6.45) is 7.06. The van der Waals surface area contributed by atoms with Crippen molar-refractivity contribution in [1.82, 2.24) is 10.1 Å². The Balaban J connectivity index is 1.64. The maximum Gasteiger partial charge on any atom is 0.226 e. The zero-order chi connectivity index (χ0) is 12.8. The van der Waals surface area contributed by atoms with E-state index in [1.54, 1.807) is 0 Å². The molecule has 2 aliphatic rings. The highest BCUT2D eigenvalue weighted by molar-refractivity contribution is 5.08. The van der Waals surface area contributed by atoms with Crippen LogP contribution in [-0.4, -0.2) is 15.7 Å². The summed E-state index contributed by atoms with van der Waals surface area (Å²) in [5.41, 5.74) is 5.81. The molecule has 2 fully saturated rings. The molecule has 0 unspecified atom stereocenters. The van der Waals surface area contributed by atoms with Crippen LogP contribution < -0.4 is 5.73 Å². The molecule has 2 saturated carbocycles. The van der Waals surface area contributed by atoms with E-state index in [-0.39, 0.29) is 5.54 Å². The predicted octanol–water partition coefficient (Wildman–Crippen LogP) is 2.64. The van der Waals surface area contributed by atoms with Gasteiger partial charge < -0.3 is 10.3 Å². The first-order valence-corrected chi connectivity index (χ1v) is 7.14. The van der Waals surface area contributed by atoms with Crippen molar-refractivity contribution >= 4 is 0 Å². The van der Waals surface area contributed by atoms with E-state index in [9.17, 15) is 0 Å². The fourth-order valence-corrected chi connectivity index (χ4v) is 2.65. The third-order valence-electron chi connectivity index (χ3n) is 4.02. The van der Waals surface area contributed by atoms with Crippen LogP contribution in [0.2, 0.25) is 0 Å². The summed E-state index contributed by atoms with van der Waals surface area (Å²) in [6.45, 7) is 4.06. The van der Waals surface area contributed by atoms with Crippen molar-refractivity contribution in [1.29, 1.82) is 0 Å². The SMILES string of the molecule is CC(C)(N)CCc1nc(C(C2CC2)C2CC2)no1. The Kier molecular flexibility index (Phi) is 2.93. The third-order valence-corrected chi connectivity index (χ3v) is 4.02. The van der Waals surface area contributed by atoms with Crippen LogP contribution in [-0.2, 0) is 6.42 Å². The summed E-state index contributed by atoms with van der Waals surface area (Å²) >= 11 is 0. The number of nitrogens with two attached hydrogens (primary N) is 1. The first-order valence-electron chi connectivity index (χ1n) is 7.14. The van der Waals surface area contributed by atoms with Crippen molar-refractivity contribution in [2.24, 2.45) is 17.6 Å². The van der Waals surface area contributed by atoms with Gasteiger partial charge in [0.15, 0.2) is 5.82 Å². The summed E-state index contributed by atoms with van der Waals surface area (Å²) in [6, 6.07) is 0. The molecule has 0 saturated heterocycles. The van der Waals surface area contributed by atoms with Crippen molar-refractivity contribution in [2.45, 2.75) is 63.8 Å². The first kappa shape index (κ1) is 12.2. The standard InChI is InChI=1S/C14H23N3O/c1-14(2,15)8-7-11-16-13(17-18-11)12(9-3-4-9)10-5-6-10/h9-10,12H,3-8,15H2,1-2H3. The van der Waals surface area contributed by atoms with Gasteiger partial charge in [0.1, 0.15) is 0 Å². The van der Waals surface area contributed by atoms with Crippen molar-refractivity contribution in [3.63, 3.8) is 0 Å². The number of hydrogen-bond acceptors (Lipinski definition) is 4. The minimum absolute atomic E-state index is 0.166. The molecule has 0 bridgehead atoms. The van der Waals surface area contributed by atoms with E-state index in [2.05, 4.69) is 10.1 Å². The molecule has 0 aliphatic heterocycles. The van der Waals surface area contributed by atoms with E-state index in [0.717, 1.165) is 36.4 Å². The molecule has 2 N–H and O–H groups in total. The maximum atomic E-state index is 5.98. The number of aryl methyl sites for hydroxylation is 1. The van der Waals surface area contributed by atoms with E-state index in [1.165, 1.54) is 25.7 Å². The van der Waals surface area contributed by atoms with Gasteiger partial charge in [-0.1, -0.05) is 5.16 Å². The Labute approximate surface area is 108 Å². The molecule has 2 aliphatic carbocycles. The van der Waals surface area contributed by atoms with Gasteiger partial charge >= 0.3 is 0 Å². The highest BCUT2D eigenvalue weighted by Crippen LogP contribution is 2.53. The van der Waals surface area contributed by atoms with Gasteiger partial charge in [-0.05, 0) is 57.8 Å². The average molecular weight is 249 g/mol. The van der Waals surface area contributed by atoms with E-state index < -0.39 is 0 Å². The molecular formula is C14H23N3O. The van der Waals surface area contributed by atoms with Gasteiger partial charge in [-0.2, -0.15) is 4.98 Å². The van der Waals surface area contributed by atoms with Gasteiger partial charge in [0.2, 0.25) is 5.89 Å². The van der Waals surface area contributed by atoms with E-state index in [4.69, 9.17) is 10.3 Å². The van der Waals surface area contributed by atoms with E-state index in [1.807, 2.05) is 13.8 Å². The molecule has 1 aromatic heterocycles. The summed E-state index contributed by atoms with van der Waals surface area (Å²) in [5.74, 6) is 3.95. The lowest BCUT2D eigenvalue weighted by atomic mass is 9.97. The van der Waals surface area contributed by atoms with Crippen LogP contribution in [0.3, 0.4) is 0 Å². The van der Waals surface area contributed by atoms with Gasteiger partial charge in [0.05, 0.1) is 0 Å². The number of nitrogens with zero attached hydrogens (tertiary/aromatic N) is 2. The molecule has 0 amide bonds. The van der Waals surface area contributed by atoms with Crippen LogP contribution in [0.15, 0.2) is 4.52 Å². The lowest BCUT2D eigenvalue weighted by molar-refractivity contribution is 0.348. The molecule has 0 atom stereocenters. The quantitative estimate of drug-likeness (QED) is 0.841. The van der Waals surface area contributed by atoms with Crippen LogP contribution in [0.25, 0.3) is 0 Å². The number of aromatic nitrogens is 2. The maximum absolute atomic E-state index is 5.98. The van der Waals surface area contributed by atoms with Crippen LogP contribution in [0, 0.1) is 11.8 Å². The number of rotatable bonds is 6. The zero-order valence-electron chi connectivity index (χ0n) is 11.4. The Morgan fingerprint density at radius 1 is 1.28 bits per heavy atom. The molecular weight excluding hydrogens is 226 g/mol. The van der Waals surface area contributed by atoms with Crippen molar-refractivity contribution < 1.29 is 4.52 Å². The molecule has 3 rings (SSSR count). The topological polar surface area (TPSA) is 64.9 Å². The van der Waals surface area contributed by atoms with Gasteiger partial charge in [-0.3, -0.25) is 0 Å². The van der Waals surface area contributed by atoms with Crippen LogP contribution >= 0.6 is 0 Å². The minimum atomic E-state index is -0.166. The summed E-state index contributed by atoms with van der Waals surface area (Å²) in [7, 11) is 0. The molecule has 1 heterocycles. The van der Waals surface area contributed by atoms with Crippen molar-refractivity contribution in [3.8, 4) is 0 Å². The highest BCUT2D eigenvalue weighted by atomic mass is 16.5. The van der Waals surface area contributed by atoms with E-state index >= 15 is 0 Å². The second-order valence-corrected chi connectivity index (χ2v) is 6.74. The summed E-state index contributed by atoms with van der Waals surface area (Å²) in [4.78, 5) is 4.60. The summed E-state index contributed by atoms with van der Waals surface area (Å²) < 4.78 is 5.38. The fourth-order valence-electron chi connectivity index (χ4n) is 2.65. The van der Waals surface area contributed by atoms with Gasteiger partial charge in [-0.25, -0.2) is 0 Å². The molecule has 4 heteroatoms. The first-order chi connectivity index (χ1) is 8.53. The highest BCUT2D eigenvalue weighted by Gasteiger charge is 2.44. The second-order valence-electron chi connectivity index (χ2n) is 6.74. The zero-order valence-corrected chi connectivity index (χ0v) is 11.4. The normalized spacial score (nSPS) is 20.7. The molecule has 100 valence electrons. The summed E-state index contributed by atoms with van der Waals surface area (Å²) in [5, 5.41) is 4.21. The molecule has 4 nitrogen and oxygen atoms in total. The van der Waals surface area contributed by atoms with Crippen molar-refractivity contribution in [2.75, 3.05) is 0 Å². The van der Waals surface area contributed by atoms with E-state index in [0.29, 0.717) is 5.92 Å². The van der Waals surface area contributed by atoms with Crippen LogP contribution in [0.5, 0.6) is 0 Å². The molecule has 18 heavy (non-hydrogen) atoms. The largest absolute Gasteiger partial charge is 0.339 e. The Bertz CT molecular complexity index is 401. The van der Waals surface area contributed by atoms with Gasteiger partial charge in [0, 0.05) is 17.9 Å². The number of hydrogen-bond donors (Lipinski definition) is 1. The Morgan fingerprint density at radius 2 is 1.89 bits per heavy atom. The van der Waals surface area contributed by atoms with Crippen LogP contribution in [0.1, 0.15) is 63.6 Å². The Morgan fingerprint density at radius 3 is 2.39 bits per heavy atom. The molecule has 1 aromatic rings. The minimum Gasteiger partial charge on any atom is -0.339 e. The van der Waals surface area contributed by atoms with Gasteiger partial charge in [0.25, 0.3) is 0 Å². The molecule has 0 radical (unpaired) electrons. The lowest BCUT2D eigenvalue weighted by Crippen LogP contribution is -2.32. The Hall–Kier alpha value is -0.900. The van der Waals surface area contributed by atoms with Crippen LogP contribution in [0.4, 0.5) is 0 Å². The monoisotopic (exact) mass is 249 g/mol. The lowest BCUT2D eigenvalue weighted by Gasteiger charge is -2.16. The molecule has 0 spiro atoms. The third kappa shape index (κ3) is 2.91. The predicted molar refractivity (Wildman–Crippen MR) is 69.1 cm³/mol. The fraction of sp³-hybridized carbons (Fsp3) is 0.857. The average Bonchev–Trinajstić information content (AvgIpc) is 3.17. The second kappa shape index (κ2) is 4.34. The van der Waals surface area contributed by atoms with Gasteiger partial charge in [-0.15, -0.1) is 0 Å². The molecule has 0 aromatic carbocycles.